The number of amides is 3. The molecule has 130 valence electrons. The molecule has 25 heavy (non-hydrogen) atoms. The van der Waals surface area contributed by atoms with Crippen LogP contribution in [-0.4, -0.2) is 41.0 Å². The van der Waals surface area contributed by atoms with Gasteiger partial charge in [-0.05, 0) is 36.6 Å². The topological polar surface area (TPSA) is 74.3 Å². The number of nitrogens with one attached hydrogen (secondary N) is 2. The molecule has 6 heteroatoms. The predicted octanol–water partition coefficient (Wildman–Crippen LogP) is 2.19. The Balaban J connectivity index is 1.42. The minimum Gasteiger partial charge on any atom is -0.349 e. The zero-order valence-corrected chi connectivity index (χ0v) is 14.0. The first-order valence-electron chi connectivity index (χ1n) is 8.50. The molecule has 0 spiro atoms. The van der Waals surface area contributed by atoms with Crippen LogP contribution in [0.5, 0.6) is 0 Å². The van der Waals surface area contributed by atoms with E-state index in [4.69, 9.17) is 0 Å². The average molecular weight is 338 g/mol. The lowest BCUT2D eigenvalue weighted by atomic mass is 10.0. The lowest BCUT2D eigenvalue weighted by molar-refractivity contribution is 0.0918. The second kappa shape index (κ2) is 8.28. The Labute approximate surface area is 147 Å². The van der Waals surface area contributed by atoms with E-state index in [1.807, 2.05) is 30.3 Å². The number of rotatable bonds is 4. The van der Waals surface area contributed by atoms with Crippen LogP contribution in [0.2, 0.25) is 0 Å². The fourth-order valence-corrected chi connectivity index (χ4v) is 2.88. The third kappa shape index (κ3) is 4.79. The van der Waals surface area contributed by atoms with Crippen LogP contribution >= 0.6 is 0 Å². The number of hydrogen-bond donors (Lipinski definition) is 2. The van der Waals surface area contributed by atoms with Gasteiger partial charge in [0, 0.05) is 43.6 Å². The molecular formula is C19H22N4O2. The van der Waals surface area contributed by atoms with Crippen molar-refractivity contribution in [3.8, 4) is 0 Å². The highest BCUT2D eigenvalue weighted by molar-refractivity contribution is 5.94. The van der Waals surface area contributed by atoms with Crippen molar-refractivity contribution in [1.82, 2.24) is 20.5 Å². The minimum absolute atomic E-state index is 0.0555. The molecule has 1 aliphatic rings. The summed E-state index contributed by atoms with van der Waals surface area (Å²) in [5.74, 6) is -0.0555. The molecule has 2 aromatic rings. The van der Waals surface area contributed by atoms with Gasteiger partial charge < -0.3 is 15.5 Å². The standard InChI is InChI=1S/C19H22N4O2/c24-18(16-6-2-1-3-7-16)22-17-8-11-23(12-9-17)19(25)21-14-15-5-4-10-20-13-15/h1-7,10,13,17H,8-9,11-12,14H2,(H,21,25)(H,22,24). The third-order valence-corrected chi connectivity index (χ3v) is 4.32. The molecule has 1 saturated heterocycles. The van der Waals surface area contributed by atoms with Gasteiger partial charge in [0.05, 0.1) is 0 Å². The van der Waals surface area contributed by atoms with Gasteiger partial charge in [0.15, 0.2) is 0 Å². The summed E-state index contributed by atoms with van der Waals surface area (Å²) in [4.78, 5) is 30.2. The Kier molecular flexibility index (Phi) is 5.61. The lowest BCUT2D eigenvalue weighted by Gasteiger charge is -2.32. The van der Waals surface area contributed by atoms with Crippen molar-refractivity contribution in [2.75, 3.05) is 13.1 Å². The maximum Gasteiger partial charge on any atom is 0.317 e. The number of benzene rings is 1. The number of carbonyl (C=O) groups excluding carboxylic acids is 2. The Morgan fingerprint density at radius 2 is 1.84 bits per heavy atom. The fraction of sp³-hybridized carbons (Fsp3) is 0.316. The Morgan fingerprint density at radius 1 is 1.08 bits per heavy atom. The maximum absolute atomic E-state index is 12.2. The molecule has 0 aliphatic carbocycles. The van der Waals surface area contributed by atoms with E-state index in [0.29, 0.717) is 25.2 Å². The molecule has 2 heterocycles. The SMILES string of the molecule is O=C(NC1CCN(C(=O)NCc2cccnc2)CC1)c1ccccc1. The first-order chi connectivity index (χ1) is 12.2. The monoisotopic (exact) mass is 338 g/mol. The number of piperidine rings is 1. The van der Waals surface area contributed by atoms with Crippen LogP contribution < -0.4 is 10.6 Å². The first kappa shape index (κ1) is 17.0. The predicted molar refractivity (Wildman–Crippen MR) is 95.0 cm³/mol. The number of pyridine rings is 1. The summed E-state index contributed by atoms with van der Waals surface area (Å²) in [5, 5.41) is 5.96. The second-order valence-electron chi connectivity index (χ2n) is 6.12. The minimum atomic E-state index is -0.0725. The molecule has 1 aromatic carbocycles. The number of aromatic nitrogens is 1. The van der Waals surface area contributed by atoms with Gasteiger partial charge in [0.25, 0.3) is 5.91 Å². The number of urea groups is 1. The Hall–Kier alpha value is -2.89. The summed E-state index contributed by atoms with van der Waals surface area (Å²) in [6.45, 7) is 1.74. The first-order valence-corrected chi connectivity index (χ1v) is 8.50. The van der Waals surface area contributed by atoms with Gasteiger partial charge in [-0.2, -0.15) is 0 Å². The molecule has 0 unspecified atom stereocenters. The molecule has 2 N–H and O–H groups in total. The van der Waals surface area contributed by atoms with Crippen LogP contribution in [-0.2, 0) is 6.54 Å². The molecule has 1 fully saturated rings. The molecule has 0 radical (unpaired) electrons. The third-order valence-electron chi connectivity index (χ3n) is 4.32. The molecule has 3 amide bonds. The molecule has 1 aromatic heterocycles. The molecular weight excluding hydrogens is 316 g/mol. The molecule has 1 aliphatic heterocycles. The van der Waals surface area contributed by atoms with Gasteiger partial charge in [-0.3, -0.25) is 9.78 Å². The number of likely N-dealkylation sites (tertiary alicyclic amines) is 1. The molecule has 6 nitrogen and oxygen atoms in total. The fourth-order valence-electron chi connectivity index (χ4n) is 2.88. The summed E-state index contributed by atoms with van der Waals surface area (Å²) in [6, 6.07) is 13.0. The summed E-state index contributed by atoms with van der Waals surface area (Å²) >= 11 is 0. The van der Waals surface area contributed by atoms with E-state index in [2.05, 4.69) is 15.6 Å². The van der Waals surface area contributed by atoms with Crippen molar-refractivity contribution < 1.29 is 9.59 Å². The number of carbonyl (C=O) groups is 2. The second-order valence-corrected chi connectivity index (χ2v) is 6.12. The van der Waals surface area contributed by atoms with Gasteiger partial charge in [-0.25, -0.2) is 4.79 Å². The summed E-state index contributed by atoms with van der Waals surface area (Å²) in [7, 11) is 0. The van der Waals surface area contributed by atoms with E-state index < -0.39 is 0 Å². The zero-order chi connectivity index (χ0) is 17.5. The van der Waals surface area contributed by atoms with Gasteiger partial charge in [-0.1, -0.05) is 24.3 Å². The van der Waals surface area contributed by atoms with Crippen LogP contribution in [0.25, 0.3) is 0 Å². The van der Waals surface area contributed by atoms with Crippen molar-refractivity contribution in [3.63, 3.8) is 0 Å². The molecule has 3 rings (SSSR count). The van der Waals surface area contributed by atoms with Gasteiger partial charge >= 0.3 is 6.03 Å². The summed E-state index contributed by atoms with van der Waals surface area (Å²) in [6.07, 6.45) is 4.98. The summed E-state index contributed by atoms with van der Waals surface area (Å²) in [5.41, 5.74) is 1.64. The van der Waals surface area contributed by atoms with Crippen LogP contribution in [0, 0.1) is 0 Å². The molecule has 0 saturated carbocycles. The van der Waals surface area contributed by atoms with Crippen LogP contribution in [0.4, 0.5) is 4.79 Å². The van der Waals surface area contributed by atoms with E-state index in [1.165, 1.54) is 0 Å². The zero-order valence-electron chi connectivity index (χ0n) is 14.0. The Bertz CT molecular complexity index is 698. The van der Waals surface area contributed by atoms with Gasteiger partial charge in [0.1, 0.15) is 0 Å². The van der Waals surface area contributed by atoms with Gasteiger partial charge in [-0.15, -0.1) is 0 Å². The van der Waals surface area contributed by atoms with Crippen molar-refractivity contribution in [2.24, 2.45) is 0 Å². The molecule has 0 bridgehead atoms. The largest absolute Gasteiger partial charge is 0.349 e. The van der Waals surface area contributed by atoms with E-state index in [-0.39, 0.29) is 18.0 Å². The van der Waals surface area contributed by atoms with E-state index in [1.54, 1.807) is 29.4 Å². The maximum atomic E-state index is 12.2. The highest BCUT2D eigenvalue weighted by Gasteiger charge is 2.23. The van der Waals surface area contributed by atoms with E-state index >= 15 is 0 Å². The van der Waals surface area contributed by atoms with Crippen LogP contribution in [0.3, 0.4) is 0 Å². The quantitative estimate of drug-likeness (QED) is 0.897. The smallest absolute Gasteiger partial charge is 0.317 e. The average Bonchev–Trinajstić information content (AvgIpc) is 2.68. The summed E-state index contributed by atoms with van der Waals surface area (Å²) < 4.78 is 0. The van der Waals surface area contributed by atoms with Crippen molar-refractivity contribution in [3.05, 3.63) is 66.0 Å². The normalized spacial score (nSPS) is 14.8. The Morgan fingerprint density at radius 3 is 2.52 bits per heavy atom. The van der Waals surface area contributed by atoms with E-state index in [9.17, 15) is 9.59 Å². The van der Waals surface area contributed by atoms with Crippen LogP contribution in [0.1, 0.15) is 28.8 Å². The van der Waals surface area contributed by atoms with Crippen LogP contribution in [0.15, 0.2) is 54.9 Å². The van der Waals surface area contributed by atoms with Crippen molar-refractivity contribution in [1.29, 1.82) is 0 Å². The van der Waals surface area contributed by atoms with Gasteiger partial charge in [0.2, 0.25) is 0 Å². The number of nitrogens with zero attached hydrogens (tertiary/aromatic N) is 2. The number of hydrogen-bond acceptors (Lipinski definition) is 3. The van der Waals surface area contributed by atoms with Crippen molar-refractivity contribution >= 4 is 11.9 Å². The lowest BCUT2D eigenvalue weighted by Crippen LogP contribution is -2.49. The van der Waals surface area contributed by atoms with Crippen molar-refractivity contribution in [2.45, 2.75) is 25.4 Å². The molecule has 0 atom stereocenters. The van der Waals surface area contributed by atoms with E-state index in [0.717, 1.165) is 18.4 Å². The highest BCUT2D eigenvalue weighted by Crippen LogP contribution is 2.12. The highest BCUT2D eigenvalue weighted by atomic mass is 16.2.